The maximum atomic E-state index is 12.7. The second-order valence-electron chi connectivity index (χ2n) is 12.2. The van der Waals surface area contributed by atoms with E-state index in [1.165, 1.54) is 0 Å². The highest BCUT2D eigenvalue weighted by Crippen LogP contribution is 2.27. The lowest BCUT2D eigenvalue weighted by Gasteiger charge is -2.26. The Morgan fingerprint density at radius 1 is 0.543 bits per heavy atom. The predicted octanol–water partition coefficient (Wildman–Crippen LogP) is 9.99. The fourth-order valence-electron chi connectivity index (χ4n) is 4.77. The van der Waals surface area contributed by atoms with E-state index >= 15 is 0 Å². The maximum absolute atomic E-state index is 12.7. The molecule has 4 aromatic carbocycles. The lowest BCUT2D eigenvalue weighted by Crippen LogP contribution is -2.38. The first-order chi connectivity index (χ1) is 22.1. The molecule has 0 aliphatic rings. The first-order valence-corrected chi connectivity index (χ1v) is 16.3. The third kappa shape index (κ3) is 10.7. The molecule has 0 bridgehead atoms. The summed E-state index contributed by atoms with van der Waals surface area (Å²) in [6, 6.07) is 40.2. The lowest BCUT2D eigenvalue weighted by molar-refractivity contribution is -0.129. The van der Waals surface area contributed by atoms with Crippen molar-refractivity contribution in [3.05, 3.63) is 156 Å². The molecule has 0 heterocycles. The van der Waals surface area contributed by atoms with E-state index in [2.05, 4.69) is 10.6 Å². The van der Waals surface area contributed by atoms with Crippen molar-refractivity contribution >= 4 is 24.0 Å². The SMILES string of the molecule is CC[C@](C)(/C=C/c1ccccc1)C(=O)N[C@@H](C)c1ccccc1.CC[C@](C)(/C=C/c1ccccc1)C(=O)N[C@@H](C)c1ccccc1. The first-order valence-electron chi connectivity index (χ1n) is 16.3. The van der Waals surface area contributed by atoms with Gasteiger partial charge in [0.2, 0.25) is 11.8 Å². The normalized spacial score (nSPS) is 15.1. The monoisotopic (exact) mass is 614 g/mol. The Bertz CT molecular complexity index is 1420. The fourth-order valence-corrected chi connectivity index (χ4v) is 4.77. The number of carbonyl (C=O) groups is 2. The molecule has 0 aliphatic heterocycles. The summed E-state index contributed by atoms with van der Waals surface area (Å²) < 4.78 is 0. The molecule has 4 aromatic rings. The molecular formula is C42H50N2O2. The van der Waals surface area contributed by atoms with Crippen LogP contribution in [0.25, 0.3) is 12.2 Å². The van der Waals surface area contributed by atoms with Crippen molar-refractivity contribution in [2.24, 2.45) is 10.8 Å². The van der Waals surface area contributed by atoms with Crippen LogP contribution in [-0.4, -0.2) is 11.8 Å². The Morgan fingerprint density at radius 3 is 1.11 bits per heavy atom. The fraction of sp³-hybridized carbons (Fsp3) is 0.286. The number of hydrogen-bond donors (Lipinski definition) is 2. The zero-order chi connectivity index (χ0) is 33.4. The average molecular weight is 615 g/mol. The molecule has 4 rings (SSSR count). The molecule has 2 N–H and O–H groups in total. The van der Waals surface area contributed by atoms with Gasteiger partial charge in [0.15, 0.2) is 0 Å². The summed E-state index contributed by atoms with van der Waals surface area (Å²) in [5.41, 5.74) is 3.42. The van der Waals surface area contributed by atoms with Crippen molar-refractivity contribution in [1.29, 1.82) is 0 Å². The van der Waals surface area contributed by atoms with Crippen LogP contribution < -0.4 is 10.6 Å². The highest BCUT2D eigenvalue weighted by molar-refractivity contribution is 5.86. The summed E-state index contributed by atoms with van der Waals surface area (Å²) in [6.45, 7) is 12.1. The molecule has 0 radical (unpaired) electrons. The lowest BCUT2D eigenvalue weighted by atomic mass is 9.85. The maximum Gasteiger partial charge on any atom is 0.230 e. The highest BCUT2D eigenvalue weighted by Gasteiger charge is 2.30. The van der Waals surface area contributed by atoms with E-state index in [4.69, 9.17) is 0 Å². The van der Waals surface area contributed by atoms with Crippen LogP contribution in [0, 0.1) is 10.8 Å². The minimum Gasteiger partial charge on any atom is -0.349 e. The van der Waals surface area contributed by atoms with Gasteiger partial charge in [-0.3, -0.25) is 9.59 Å². The van der Waals surface area contributed by atoms with Gasteiger partial charge >= 0.3 is 0 Å². The van der Waals surface area contributed by atoms with Crippen molar-refractivity contribution in [3.8, 4) is 0 Å². The first kappa shape index (κ1) is 35.8. The number of rotatable bonds is 12. The van der Waals surface area contributed by atoms with Crippen LogP contribution in [0.4, 0.5) is 0 Å². The van der Waals surface area contributed by atoms with Crippen LogP contribution in [0.5, 0.6) is 0 Å². The predicted molar refractivity (Wildman–Crippen MR) is 194 cm³/mol. The van der Waals surface area contributed by atoms with E-state index in [0.717, 1.165) is 35.1 Å². The summed E-state index contributed by atoms with van der Waals surface area (Å²) in [6.07, 6.45) is 9.57. The van der Waals surface area contributed by atoms with Gasteiger partial charge < -0.3 is 10.6 Å². The molecule has 46 heavy (non-hydrogen) atoms. The molecule has 4 heteroatoms. The van der Waals surface area contributed by atoms with Gasteiger partial charge in [-0.15, -0.1) is 0 Å². The molecule has 0 fully saturated rings. The van der Waals surface area contributed by atoms with Crippen molar-refractivity contribution < 1.29 is 9.59 Å². The Labute approximate surface area is 276 Å². The van der Waals surface area contributed by atoms with E-state index in [1.54, 1.807) is 0 Å². The van der Waals surface area contributed by atoms with Gasteiger partial charge in [0.05, 0.1) is 22.9 Å². The van der Waals surface area contributed by atoms with Gasteiger partial charge in [-0.05, 0) is 62.8 Å². The molecule has 240 valence electrons. The molecule has 0 aliphatic carbocycles. The second-order valence-corrected chi connectivity index (χ2v) is 12.2. The summed E-state index contributed by atoms with van der Waals surface area (Å²) in [7, 11) is 0. The number of carbonyl (C=O) groups excluding carboxylic acids is 2. The van der Waals surface area contributed by atoms with Crippen molar-refractivity contribution in [2.45, 2.75) is 66.5 Å². The average Bonchev–Trinajstić information content (AvgIpc) is 3.11. The molecule has 4 nitrogen and oxygen atoms in total. The van der Waals surface area contributed by atoms with Crippen LogP contribution in [0.3, 0.4) is 0 Å². The van der Waals surface area contributed by atoms with Crippen LogP contribution in [0.2, 0.25) is 0 Å². The molecule has 0 saturated heterocycles. The quantitative estimate of drug-likeness (QED) is 0.167. The number of nitrogens with one attached hydrogen (secondary N) is 2. The summed E-state index contributed by atoms with van der Waals surface area (Å²) >= 11 is 0. The van der Waals surface area contributed by atoms with Crippen molar-refractivity contribution in [1.82, 2.24) is 10.6 Å². The molecule has 0 unspecified atom stereocenters. The van der Waals surface area contributed by atoms with Crippen LogP contribution in [0.15, 0.2) is 133 Å². The molecule has 0 spiro atoms. The highest BCUT2D eigenvalue weighted by atomic mass is 16.2. The molecule has 4 atom stereocenters. The zero-order valence-corrected chi connectivity index (χ0v) is 28.2. The third-order valence-corrected chi connectivity index (χ3v) is 8.69. The molecule has 2 amide bonds. The van der Waals surface area contributed by atoms with Gasteiger partial charge in [-0.25, -0.2) is 0 Å². The Balaban J connectivity index is 0.000000250. The topological polar surface area (TPSA) is 58.2 Å². The van der Waals surface area contributed by atoms with Crippen molar-refractivity contribution in [3.63, 3.8) is 0 Å². The summed E-state index contributed by atoms with van der Waals surface area (Å²) in [4.78, 5) is 25.5. The number of hydrogen-bond acceptors (Lipinski definition) is 2. The Morgan fingerprint density at radius 2 is 0.826 bits per heavy atom. The van der Waals surface area contributed by atoms with E-state index in [1.807, 2.05) is 187 Å². The Kier molecular flexibility index (Phi) is 13.8. The molecule has 0 saturated carbocycles. The minimum absolute atomic E-state index is 0.000278. The summed E-state index contributed by atoms with van der Waals surface area (Å²) in [5, 5.41) is 6.27. The van der Waals surface area contributed by atoms with Gasteiger partial charge in [0.1, 0.15) is 0 Å². The number of amides is 2. The Hall–Kier alpha value is -4.70. The second kappa shape index (κ2) is 17.7. The zero-order valence-electron chi connectivity index (χ0n) is 28.2. The van der Waals surface area contributed by atoms with E-state index in [0.29, 0.717) is 0 Å². The van der Waals surface area contributed by atoms with Gasteiger partial charge in [-0.1, -0.05) is 159 Å². The number of benzene rings is 4. The van der Waals surface area contributed by atoms with Gasteiger partial charge in [0.25, 0.3) is 0 Å². The van der Waals surface area contributed by atoms with Crippen LogP contribution in [0.1, 0.15) is 88.7 Å². The minimum atomic E-state index is -0.515. The summed E-state index contributed by atoms with van der Waals surface area (Å²) in [5.74, 6) is 0.118. The van der Waals surface area contributed by atoms with Crippen LogP contribution >= 0.6 is 0 Å². The van der Waals surface area contributed by atoms with E-state index < -0.39 is 10.8 Å². The molecule has 0 aromatic heterocycles. The molecular weight excluding hydrogens is 564 g/mol. The third-order valence-electron chi connectivity index (χ3n) is 8.69. The van der Waals surface area contributed by atoms with Crippen molar-refractivity contribution in [2.75, 3.05) is 0 Å². The van der Waals surface area contributed by atoms with E-state index in [9.17, 15) is 9.59 Å². The van der Waals surface area contributed by atoms with Gasteiger partial charge in [0, 0.05) is 0 Å². The standard InChI is InChI=1S/2C21H25NO/c2*1-4-21(3,16-15-18-11-7-5-8-12-18)20(23)22-17(2)19-13-9-6-10-14-19/h2*5-17H,4H2,1-3H3,(H,22,23)/b2*16-15+/t2*17-,21+/m00/s1. The van der Waals surface area contributed by atoms with Crippen LogP contribution in [-0.2, 0) is 9.59 Å². The van der Waals surface area contributed by atoms with Gasteiger partial charge in [-0.2, -0.15) is 0 Å². The van der Waals surface area contributed by atoms with E-state index in [-0.39, 0.29) is 23.9 Å². The largest absolute Gasteiger partial charge is 0.349 e. The smallest absolute Gasteiger partial charge is 0.230 e.